The van der Waals surface area contributed by atoms with Gasteiger partial charge in [-0.05, 0) is 63.4 Å². The fourth-order valence-corrected chi connectivity index (χ4v) is 4.04. The number of nitrogen functional groups attached to an aromatic ring is 1. The van der Waals surface area contributed by atoms with Crippen molar-refractivity contribution in [3.05, 3.63) is 65.7 Å². The maximum atomic E-state index is 13.6. The minimum Gasteiger partial charge on any atom is -0.444 e. The van der Waals surface area contributed by atoms with Crippen LogP contribution in [-0.2, 0) is 16.0 Å². The first kappa shape index (κ1) is 25.1. The van der Waals surface area contributed by atoms with Crippen LogP contribution in [0.2, 0.25) is 0 Å². The first-order valence-corrected chi connectivity index (χ1v) is 11.6. The molecule has 34 heavy (non-hydrogen) atoms. The third kappa shape index (κ3) is 7.23. The average Bonchev–Trinajstić information content (AvgIpc) is 3.25. The van der Waals surface area contributed by atoms with Crippen molar-refractivity contribution < 1.29 is 14.3 Å². The summed E-state index contributed by atoms with van der Waals surface area (Å²) in [6.45, 7) is 6.63. The third-order valence-corrected chi connectivity index (χ3v) is 5.67. The van der Waals surface area contributed by atoms with Crippen LogP contribution in [0.5, 0.6) is 0 Å². The van der Waals surface area contributed by atoms with Crippen LogP contribution in [0.1, 0.15) is 44.7 Å². The van der Waals surface area contributed by atoms with Crippen molar-refractivity contribution in [2.24, 2.45) is 5.73 Å². The molecule has 8 nitrogen and oxygen atoms in total. The molecule has 182 valence electrons. The molecule has 0 unspecified atom stereocenters. The average molecular weight is 466 g/mol. The largest absolute Gasteiger partial charge is 0.444 e. The van der Waals surface area contributed by atoms with Crippen molar-refractivity contribution in [1.29, 1.82) is 5.41 Å². The molecule has 2 amide bonds. The summed E-state index contributed by atoms with van der Waals surface area (Å²) >= 11 is 0. The van der Waals surface area contributed by atoms with Gasteiger partial charge in [0.15, 0.2) is 0 Å². The van der Waals surface area contributed by atoms with Crippen LogP contribution in [0.25, 0.3) is 0 Å². The summed E-state index contributed by atoms with van der Waals surface area (Å²) in [6.07, 6.45) is 1.59. The number of anilines is 1. The third-order valence-electron chi connectivity index (χ3n) is 5.67. The van der Waals surface area contributed by atoms with E-state index in [1.807, 2.05) is 47.4 Å². The van der Waals surface area contributed by atoms with E-state index in [4.69, 9.17) is 15.9 Å². The lowest BCUT2D eigenvalue weighted by molar-refractivity contribution is -0.134. The summed E-state index contributed by atoms with van der Waals surface area (Å²) in [5.74, 6) is -0.0769. The Morgan fingerprint density at radius 2 is 1.82 bits per heavy atom. The highest BCUT2D eigenvalue weighted by molar-refractivity contribution is 5.95. The number of carbonyl (C=O) groups is 2. The molecule has 0 aliphatic carbocycles. The molecule has 1 fully saturated rings. The maximum absolute atomic E-state index is 13.6. The van der Waals surface area contributed by atoms with Crippen molar-refractivity contribution in [1.82, 2.24) is 10.2 Å². The Bertz CT molecular complexity index is 986. The lowest BCUT2D eigenvalue weighted by atomic mass is 10.0. The normalized spacial score (nSPS) is 16.6. The Hall–Kier alpha value is -3.55. The fraction of sp³-hybridized carbons (Fsp3) is 0.423. The summed E-state index contributed by atoms with van der Waals surface area (Å²) in [5.41, 5.74) is 7.41. The highest BCUT2D eigenvalue weighted by Crippen LogP contribution is 2.21. The van der Waals surface area contributed by atoms with E-state index < -0.39 is 17.7 Å². The van der Waals surface area contributed by atoms with Gasteiger partial charge in [-0.1, -0.05) is 30.3 Å². The number of benzene rings is 2. The number of likely N-dealkylation sites (tertiary alicyclic amines) is 1. The van der Waals surface area contributed by atoms with E-state index >= 15 is 0 Å². The molecule has 0 radical (unpaired) electrons. The number of rotatable bonds is 8. The van der Waals surface area contributed by atoms with E-state index in [1.165, 1.54) is 0 Å². The van der Waals surface area contributed by atoms with Gasteiger partial charge in [-0.25, -0.2) is 4.79 Å². The predicted molar refractivity (Wildman–Crippen MR) is 134 cm³/mol. The summed E-state index contributed by atoms with van der Waals surface area (Å²) in [7, 11) is 0. The number of hydrogen-bond acceptors (Lipinski definition) is 5. The summed E-state index contributed by atoms with van der Waals surface area (Å²) in [6, 6.07) is 16.3. The van der Waals surface area contributed by atoms with E-state index in [-0.39, 0.29) is 17.8 Å². The Morgan fingerprint density at radius 3 is 2.44 bits per heavy atom. The zero-order valence-corrected chi connectivity index (χ0v) is 20.1. The van der Waals surface area contributed by atoms with Crippen molar-refractivity contribution in [3.63, 3.8) is 0 Å². The SMILES string of the molecule is CC(C)(C)OC(=O)N[C@@H](Cc1ccccc1)C(=O)N1CCC[C@H]1CNc1ccc(C(=N)N)cc1. The van der Waals surface area contributed by atoms with Gasteiger partial charge in [-0.3, -0.25) is 10.2 Å². The Labute approximate surface area is 201 Å². The second-order valence-corrected chi connectivity index (χ2v) is 9.59. The van der Waals surface area contributed by atoms with Crippen LogP contribution in [0.3, 0.4) is 0 Å². The predicted octanol–water partition coefficient (Wildman–Crippen LogP) is 3.51. The molecule has 2 aromatic rings. The second kappa shape index (κ2) is 11.0. The lowest BCUT2D eigenvalue weighted by Gasteiger charge is -2.30. The van der Waals surface area contributed by atoms with Gasteiger partial charge in [0.05, 0.1) is 0 Å². The van der Waals surface area contributed by atoms with Gasteiger partial charge in [0, 0.05) is 36.8 Å². The standard InChI is InChI=1S/C26H35N5O3/c1-26(2,3)34-25(33)30-22(16-18-8-5-4-6-9-18)24(32)31-15-7-10-21(31)17-29-20-13-11-19(12-14-20)23(27)28/h4-6,8-9,11-14,21-22,29H,7,10,15-17H2,1-3H3,(H3,27,28)(H,30,33)/t21-,22-/m0/s1. The first-order chi connectivity index (χ1) is 16.1. The molecule has 0 bridgehead atoms. The highest BCUT2D eigenvalue weighted by atomic mass is 16.6. The fourth-order valence-electron chi connectivity index (χ4n) is 4.04. The topological polar surface area (TPSA) is 121 Å². The Balaban J connectivity index is 1.68. The number of hydrogen-bond donors (Lipinski definition) is 4. The summed E-state index contributed by atoms with van der Waals surface area (Å²) in [4.78, 5) is 28.0. The minimum atomic E-state index is -0.715. The van der Waals surface area contributed by atoms with Gasteiger partial charge < -0.3 is 26.0 Å². The minimum absolute atomic E-state index is 0.0127. The number of amides is 2. The molecule has 3 rings (SSSR count). The van der Waals surface area contributed by atoms with Gasteiger partial charge in [0.2, 0.25) is 5.91 Å². The van der Waals surface area contributed by atoms with Crippen molar-refractivity contribution >= 4 is 23.5 Å². The zero-order valence-electron chi connectivity index (χ0n) is 20.1. The molecule has 1 heterocycles. The first-order valence-electron chi connectivity index (χ1n) is 11.6. The summed E-state index contributed by atoms with van der Waals surface area (Å²) in [5, 5.41) is 13.7. The molecular weight excluding hydrogens is 430 g/mol. The Kier molecular flexibility index (Phi) is 8.15. The molecular formula is C26H35N5O3. The molecule has 0 aromatic heterocycles. The smallest absolute Gasteiger partial charge is 0.408 e. The van der Waals surface area contributed by atoms with Crippen LogP contribution in [0.4, 0.5) is 10.5 Å². The molecule has 8 heteroatoms. The highest BCUT2D eigenvalue weighted by Gasteiger charge is 2.34. The van der Waals surface area contributed by atoms with E-state index in [2.05, 4.69) is 10.6 Å². The molecule has 1 aliphatic heterocycles. The molecule has 0 spiro atoms. The van der Waals surface area contributed by atoms with Crippen LogP contribution in [0, 0.1) is 5.41 Å². The number of ether oxygens (including phenoxy) is 1. The van der Waals surface area contributed by atoms with Crippen molar-refractivity contribution in [2.45, 2.75) is 57.7 Å². The van der Waals surface area contributed by atoms with E-state index in [1.54, 1.807) is 32.9 Å². The van der Waals surface area contributed by atoms with Crippen molar-refractivity contribution in [2.75, 3.05) is 18.4 Å². The van der Waals surface area contributed by atoms with Gasteiger partial charge in [-0.2, -0.15) is 0 Å². The van der Waals surface area contributed by atoms with Gasteiger partial charge in [0.1, 0.15) is 17.5 Å². The van der Waals surface area contributed by atoms with Gasteiger partial charge in [-0.15, -0.1) is 0 Å². The number of nitrogens with one attached hydrogen (secondary N) is 3. The molecule has 2 aromatic carbocycles. The van der Waals surface area contributed by atoms with E-state index in [9.17, 15) is 9.59 Å². The number of carbonyl (C=O) groups excluding carboxylic acids is 2. The lowest BCUT2D eigenvalue weighted by Crippen LogP contribution is -2.53. The van der Waals surface area contributed by atoms with E-state index in [0.29, 0.717) is 25.1 Å². The van der Waals surface area contributed by atoms with E-state index in [0.717, 1.165) is 24.1 Å². The van der Waals surface area contributed by atoms with Crippen LogP contribution < -0.4 is 16.4 Å². The monoisotopic (exact) mass is 465 g/mol. The van der Waals surface area contributed by atoms with Crippen LogP contribution in [-0.4, -0.2) is 53.5 Å². The molecule has 1 saturated heterocycles. The molecule has 5 N–H and O–H groups in total. The molecule has 1 aliphatic rings. The quantitative estimate of drug-likeness (QED) is 0.351. The number of amidine groups is 1. The number of alkyl carbamates (subject to hydrolysis) is 1. The number of nitrogens with two attached hydrogens (primary N) is 1. The van der Waals surface area contributed by atoms with Gasteiger partial charge >= 0.3 is 6.09 Å². The summed E-state index contributed by atoms with van der Waals surface area (Å²) < 4.78 is 5.42. The number of nitrogens with zero attached hydrogens (tertiary/aromatic N) is 1. The van der Waals surface area contributed by atoms with Gasteiger partial charge in [0.25, 0.3) is 0 Å². The maximum Gasteiger partial charge on any atom is 0.408 e. The van der Waals surface area contributed by atoms with Crippen LogP contribution >= 0.6 is 0 Å². The van der Waals surface area contributed by atoms with Crippen molar-refractivity contribution in [3.8, 4) is 0 Å². The second-order valence-electron chi connectivity index (χ2n) is 9.59. The molecule has 2 atom stereocenters. The zero-order chi connectivity index (χ0) is 24.7. The molecule has 0 saturated carbocycles. The Morgan fingerprint density at radius 1 is 1.15 bits per heavy atom. The van der Waals surface area contributed by atoms with Crippen LogP contribution in [0.15, 0.2) is 54.6 Å².